The molecule has 0 saturated heterocycles. The lowest BCUT2D eigenvalue weighted by Gasteiger charge is -2.10. The predicted octanol–water partition coefficient (Wildman–Crippen LogP) is 11.3. The van der Waals surface area contributed by atoms with Crippen LogP contribution in [0.5, 0.6) is 0 Å². The third-order valence-corrected chi connectivity index (χ3v) is 7.40. The van der Waals surface area contributed by atoms with Crippen molar-refractivity contribution in [1.29, 1.82) is 0 Å². The first-order chi connectivity index (χ1) is 30.8. The van der Waals surface area contributed by atoms with Gasteiger partial charge >= 0.3 is 0 Å². The Bertz CT molecular complexity index is 3550. The van der Waals surface area contributed by atoms with Crippen molar-refractivity contribution in [3.05, 3.63) is 163 Å². The maximum Gasteiger partial charge on any atom is 0.164 e. The summed E-state index contributed by atoms with van der Waals surface area (Å²) in [5.41, 5.74) is -0.556. The summed E-state index contributed by atoms with van der Waals surface area (Å²) in [4.78, 5) is 13.5. The lowest BCUT2D eigenvalue weighted by molar-refractivity contribution is 0.669. The molecule has 4 nitrogen and oxygen atoms in total. The van der Waals surface area contributed by atoms with Crippen LogP contribution in [0.3, 0.4) is 0 Å². The summed E-state index contributed by atoms with van der Waals surface area (Å²) in [6, 6.07) is 3.97. The molecule has 47 heavy (non-hydrogen) atoms. The highest BCUT2D eigenvalue weighted by Crippen LogP contribution is 2.37. The summed E-state index contributed by atoms with van der Waals surface area (Å²) in [5.74, 6) is -1.19. The van der Waals surface area contributed by atoms with Gasteiger partial charge in [-0.25, -0.2) is 15.0 Å². The summed E-state index contributed by atoms with van der Waals surface area (Å²) in [6.07, 6.45) is 0. The van der Waals surface area contributed by atoms with Crippen LogP contribution < -0.4 is 0 Å². The lowest BCUT2D eigenvalue weighted by Crippen LogP contribution is -2.00. The smallest absolute Gasteiger partial charge is 0.164 e. The van der Waals surface area contributed by atoms with Gasteiger partial charge in [-0.2, -0.15) is 0 Å². The molecule has 0 spiro atoms. The summed E-state index contributed by atoms with van der Waals surface area (Å²) >= 11 is 0. The predicted molar refractivity (Wildman–Crippen MR) is 192 cm³/mol. The zero-order valence-corrected chi connectivity index (χ0v) is 23.9. The average molecular weight is 620 g/mol. The van der Waals surface area contributed by atoms with Gasteiger partial charge in [-0.05, 0) is 57.2 Å². The van der Waals surface area contributed by atoms with Crippen LogP contribution in [-0.2, 0) is 0 Å². The number of nitrogens with zero attached hydrogens (tertiary/aromatic N) is 3. The van der Waals surface area contributed by atoms with Gasteiger partial charge in [-0.3, -0.25) is 0 Å². The van der Waals surface area contributed by atoms with E-state index in [0.717, 1.165) is 0 Å². The zero-order chi connectivity index (χ0) is 46.8. The van der Waals surface area contributed by atoms with Gasteiger partial charge in [0.15, 0.2) is 17.5 Å². The van der Waals surface area contributed by atoms with Crippen LogP contribution in [0.2, 0.25) is 0 Å². The van der Waals surface area contributed by atoms with Gasteiger partial charge in [-0.15, -0.1) is 0 Å². The molecule has 0 atom stereocenters. The number of fused-ring (bicyclic) bond motifs is 4. The van der Waals surface area contributed by atoms with Gasteiger partial charge in [0.2, 0.25) is 0 Å². The van der Waals surface area contributed by atoms with E-state index < -0.39 is 125 Å². The first-order valence-electron chi connectivity index (χ1n) is 23.2. The topological polar surface area (TPSA) is 51.8 Å². The Morgan fingerprint density at radius 2 is 1.04 bits per heavy atom. The van der Waals surface area contributed by atoms with E-state index in [4.69, 9.17) is 27.7 Å². The Labute approximate surface area is 297 Å². The molecular weight excluding hydrogens is 574 g/mol. The quantitative estimate of drug-likeness (QED) is 0.192. The van der Waals surface area contributed by atoms with Crippen LogP contribution in [-0.4, -0.2) is 15.0 Å². The minimum absolute atomic E-state index is 0.00134. The van der Waals surface area contributed by atoms with E-state index >= 15 is 0 Å². The van der Waals surface area contributed by atoms with Crippen LogP contribution in [0.25, 0.3) is 89.1 Å². The van der Waals surface area contributed by atoms with Crippen molar-refractivity contribution >= 4 is 32.7 Å². The Morgan fingerprint density at radius 1 is 0.426 bits per heavy atom. The van der Waals surface area contributed by atoms with Crippen molar-refractivity contribution in [2.75, 3.05) is 0 Å². The third-order valence-electron chi connectivity index (χ3n) is 7.40. The average Bonchev–Trinajstić information content (AvgIpc) is 3.70. The molecule has 2 heterocycles. The minimum atomic E-state index is -0.712. The normalized spacial score (nSPS) is 16.8. The Kier molecular flexibility index (Phi) is 3.42. The molecule has 0 bridgehead atoms. The number of hydrogen-bond acceptors (Lipinski definition) is 4. The second kappa shape index (κ2) is 11.2. The number of furan rings is 1. The molecule has 0 unspecified atom stereocenters. The molecular formula is C43H27N3O. The van der Waals surface area contributed by atoms with E-state index in [1.54, 1.807) is 30.3 Å². The van der Waals surface area contributed by atoms with Crippen molar-refractivity contribution in [2.45, 2.75) is 0 Å². The summed E-state index contributed by atoms with van der Waals surface area (Å²) < 4.78 is 162. The van der Waals surface area contributed by atoms with Crippen LogP contribution in [0, 0.1) is 0 Å². The molecule has 0 radical (unpaired) electrons. The Hall–Kier alpha value is -6.39. The summed E-state index contributed by atoms with van der Waals surface area (Å²) in [7, 11) is 0. The fourth-order valence-electron chi connectivity index (χ4n) is 5.19. The van der Waals surface area contributed by atoms with Crippen molar-refractivity contribution in [2.24, 2.45) is 0 Å². The maximum absolute atomic E-state index is 9.34. The minimum Gasteiger partial charge on any atom is -0.456 e. The first-order valence-corrected chi connectivity index (χ1v) is 14.2. The number of benzene rings is 7. The molecule has 9 rings (SSSR count). The van der Waals surface area contributed by atoms with Crippen LogP contribution in [0.15, 0.2) is 168 Å². The second-order valence-corrected chi connectivity index (χ2v) is 10.3. The monoisotopic (exact) mass is 619 g/mol. The van der Waals surface area contributed by atoms with Gasteiger partial charge in [0.1, 0.15) is 11.2 Å². The Morgan fingerprint density at radius 3 is 1.83 bits per heavy atom. The van der Waals surface area contributed by atoms with Crippen LogP contribution >= 0.6 is 0 Å². The molecule has 0 N–H and O–H groups in total. The number of aromatic nitrogens is 3. The van der Waals surface area contributed by atoms with Gasteiger partial charge in [0.25, 0.3) is 0 Å². The van der Waals surface area contributed by atoms with E-state index in [2.05, 4.69) is 15.0 Å². The molecule has 220 valence electrons. The van der Waals surface area contributed by atoms with Gasteiger partial charge in [0, 0.05) is 27.5 Å². The summed E-state index contributed by atoms with van der Waals surface area (Å²) in [6.45, 7) is 0. The molecule has 4 heteroatoms. The van der Waals surface area contributed by atoms with Gasteiger partial charge in [-0.1, -0.05) is 139 Å². The Balaban J connectivity index is 1.30. The van der Waals surface area contributed by atoms with Gasteiger partial charge in [0.05, 0.1) is 24.7 Å². The van der Waals surface area contributed by atoms with Gasteiger partial charge < -0.3 is 4.42 Å². The molecule has 2 aromatic heterocycles. The number of para-hydroxylation sites is 1. The van der Waals surface area contributed by atoms with Crippen molar-refractivity contribution in [3.8, 4) is 56.4 Å². The maximum atomic E-state index is 9.34. The standard InChI is InChI=1S/C43H27N3O/c1-3-10-28(11-4-1)32-22-23-34-27-35(25-24-33(34)26-32)43-45-41(30-12-5-2-6-13-30)44-42(46-43)31-20-18-29(19-21-31)36-15-9-17-39-40(36)37-14-7-8-16-38(37)47-39/h1-27H/i2D,5D,6D,7D,8D,9D,12D,13D,14D,15D,16D,17D,22D,23D,24D,25D,26D,27D. The zero-order valence-electron chi connectivity index (χ0n) is 41.9. The number of rotatable bonds is 5. The van der Waals surface area contributed by atoms with E-state index in [9.17, 15) is 1.37 Å². The third kappa shape index (κ3) is 4.93. The second-order valence-electron chi connectivity index (χ2n) is 10.3. The van der Waals surface area contributed by atoms with E-state index in [1.807, 2.05) is 0 Å². The summed E-state index contributed by atoms with van der Waals surface area (Å²) in [5, 5.41) is -0.645. The van der Waals surface area contributed by atoms with Crippen molar-refractivity contribution in [1.82, 2.24) is 15.0 Å². The molecule has 0 saturated carbocycles. The van der Waals surface area contributed by atoms with E-state index in [-0.39, 0.29) is 66.8 Å². The molecule has 0 amide bonds. The molecule has 0 fully saturated rings. The fraction of sp³-hybridized carbons (Fsp3) is 0. The first kappa shape index (κ1) is 14.4. The largest absolute Gasteiger partial charge is 0.456 e. The van der Waals surface area contributed by atoms with Crippen LogP contribution in [0.4, 0.5) is 0 Å². The highest BCUT2D eigenvalue weighted by Gasteiger charge is 2.15. The number of hydrogen-bond donors (Lipinski definition) is 0. The highest BCUT2D eigenvalue weighted by atomic mass is 16.3. The van der Waals surface area contributed by atoms with E-state index in [0.29, 0.717) is 5.56 Å². The van der Waals surface area contributed by atoms with Crippen LogP contribution in [0.1, 0.15) is 24.7 Å². The van der Waals surface area contributed by atoms with Crippen molar-refractivity contribution in [3.63, 3.8) is 0 Å². The molecule has 0 aliphatic carbocycles. The molecule has 0 aliphatic rings. The molecule has 9 aromatic rings. The molecule has 0 aliphatic heterocycles. The highest BCUT2D eigenvalue weighted by molar-refractivity contribution is 6.12. The van der Waals surface area contributed by atoms with E-state index in [1.165, 1.54) is 24.3 Å². The SMILES string of the molecule is [2H]c1c([2H])c([2H])c(-c2nc(-c3ccc(-c4c([2H])c([2H])c([2H])c5oc6c([2H])c([2H])c([2H])c([2H])c6c45)cc3)nc(-c3c([2H])c([2H])c4c([2H])c(-c5ccccc5)c([2H])c([2H])c4c3[2H])n2)c([2H])c1[2H]. The molecule has 7 aromatic carbocycles. The fourth-order valence-corrected chi connectivity index (χ4v) is 5.19. The van der Waals surface area contributed by atoms with Crippen molar-refractivity contribution < 1.29 is 29.1 Å². The lowest BCUT2D eigenvalue weighted by atomic mass is 9.98.